The van der Waals surface area contributed by atoms with E-state index in [1.807, 2.05) is 0 Å². The molecule has 0 atom stereocenters. The number of methoxy groups -OCH3 is 1. The molecule has 0 bridgehead atoms. The molecule has 0 aliphatic rings. The molecule has 118 valence electrons. The zero-order chi connectivity index (χ0) is 15.9. The van der Waals surface area contributed by atoms with Crippen molar-refractivity contribution in [2.75, 3.05) is 13.7 Å². The molecule has 23 heavy (non-hydrogen) atoms. The molecule has 0 unspecified atom stereocenters. The van der Waals surface area contributed by atoms with Crippen molar-refractivity contribution in [3.8, 4) is 5.75 Å². The van der Waals surface area contributed by atoms with Gasteiger partial charge in [-0.1, -0.05) is 60.7 Å². The van der Waals surface area contributed by atoms with Crippen molar-refractivity contribution in [1.82, 2.24) is 5.32 Å². The second kappa shape index (κ2) is 7.80. The number of rotatable bonds is 7. The molecule has 0 aliphatic carbocycles. The highest BCUT2D eigenvalue weighted by molar-refractivity contribution is 5.87. The molecular formula is C21H23NO. The molecule has 0 saturated carbocycles. The van der Waals surface area contributed by atoms with E-state index < -0.39 is 0 Å². The Bertz CT molecular complexity index is 752. The van der Waals surface area contributed by atoms with Gasteiger partial charge in [0.2, 0.25) is 0 Å². The summed E-state index contributed by atoms with van der Waals surface area (Å²) in [5.41, 5.74) is 2.64. The van der Waals surface area contributed by atoms with Crippen LogP contribution in [0.2, 0.25) is 0 Å². The van der Waals surface area contributed by atoms with E-state index in [1.165, 1.54) is 21.9 Å². The third-order valence-corrected chi connectivity index (χ3v) is 4.18. The topological polar surface area (TPSA) is 21.3 Å². The summed E-state index contributed by atoms with van der Waals surface area (Å²) in [6.45, 7) is 1.83. The predicted molar refractivity (Wildman–Crippen MR) is 97.0 cm³/mol. The molecule has 0 spiro atoms. The van der Waals surface area contributed by atoms with Crippen LogP contribution in [0.1, 0.15) is 17.5 Å². The van der Waals surface area contributed by atoms with Crippen molar-refractivity contribution in [2.45, 2.75) is 19.4 Å². The minimum absolute atomic E-state index is 0.833. The van der Waals surface area contributed by atoms with Crippen LogP contribution >= 0.6 is 0 Å². The number of nitrogens with one attached hydrogen (secondary N) is 1. The van der Waals surface area contributed by atoms with Gasteiger partial charge < -0.3 is 10.1 Å². The highest BCUT2D eigenvalue weighted by Gasteiger charge is 2.07. The first-order chi connectivity index (χ1) is 11.4. The van der Waals surface area contributed by atoms with E-state index in [4.69, 9.17) is 4.74 Å². The minimum Gasteiger partial charge on any atom is -0.496 e. The Morgan fingerprint density at radius 2 is 1.65 bits per heavy atom. The Hall–Kier alpha value is -2.32. The van der Waals surface area contributed by atoms with Gasteiger partial charge in [-0.3, -0.25) is 0 Å². The van der Waals surface area contributed by atoms with E-state index in [-0.39, 0.29) is 0 Å². The predicted octanol–water partition coefficient (Wildman–Crippen LogP) is 4.57. The monoisotopic (exact) mass is 305 g/mol. The molecule has 0 amide bonds. The van der Waals surface area contributed by atoms with Gasteiger partial charge >= 0.3 is 0 Å². The number of ether oxygens (including phenoxy) is 1. The molecule has 0 heterocycles. The number of fused-ring (bicyclic) bond motifs is 1. The van der Waals surface area contributed by atoms with Crippen LogP contribution in [-0.4, -0.2) is 13.7 Å². The standard InChI is InChI=1S/C21H23NO/c1-23-21-14-13-18-11-5-6-12-19(18)20(21)16-22-15-7-10-17-8-3-2-4-9-17/h2-6,8-9,11-14,22H,7,10,15-16H2,1H3. The first-order valence-electron chi connectivity index (χ1n) is 8.18. The van der Waals surface area contributed by atoms with Crippen LogP contribution in [0.4, 0.5) is 0 Å². The zero-order valence-corrected chi connectivity index (χ0v) is 13.6. The lowest BCUT2D eigenvalue weighted by atomic mass is 10.0. The van der Waals surface area contributed by atoms with Crippen LogP contribution in [0.15, 0.2) is 66.7 Å². The molecule has 3 aromatic rings. The van der Waals surface area contributed by atoms with E-state index in [0.717, 1.165) is 31.7 Å². The smallest absolute Gasteiger partial charge is 0.123 e. The Morgan fingerprint density at radius 3 is 2.48 bits per heavy atom. The first kappa shape index (κ1) is 15.6. The molecular weight excluding hydrogens is 282 g/mol. The van der Waals surface area contributed by atoms with Gasteiger partial charge in [-0.2, -0.15) is 0 Å². The van der Waals surface area contributed by atoms with Gasteiger partial charge in [-0.05, 0) is 41.8 Å². The molecule has 1 N–H and O–H groups in total. The van der Waals surface area contributed by atoms with Gasteiger partial charge in [0.25, 0.3) is 0 Å². The third kappa shape index (κ3) is 3.91. The maximum Gasteiger partial charge on any atom is 0.123 e. The van der Waals surface area contributed by atoms with Crippen LogP contribution in [-0.2, 0) is 13.0 Å². The Morgan fingerprint density at radius 1 is 0.870 bits per heavy atom. The fourth-order valence-electron chi connectivity index (χ4n) is 2.97. The van der Waals surface area contributed by atoms with Crippen molar-refractivity contribution in [3.63, 3.8) is 0 Å². The van der Waals surface area contributed by atoms with E-state index >= 15 is 0 Å². The summed E-state index contributed by atoms with van der Waals surface area (Å²) >= 11 is 0. The highest BCUT2D eigenvalue weighted by atomic mass is 16.5. The summed E-state index contributed by atoms with van der Waals surface area (Å²) in [7, 11) is 1.74. The molecule has 0 saturated heterocycles. The molecule has 2 heteroatoms. The van der Waals surface area contributed by atoms with E-state index in [2.05, 4.69) is 72.0 Å². The van der Waals surface area contributed by atoms with Crippen LogP contribution in [0.25, 0.3) is 10.8 Å². The summed E-state index contributed by atoms with van der Waals surface area (Å²) in [4.78, 5) is 0. The van der Waals surface area contributed by atoms with Crippen molar-refractivity contribution in [1.29, 1.82) is 0 Å². The lowest BCUT2D eigenvalue weighted by Gasteiger charge is -2.13. The van der Waals surface area contributed by atoms with Gasteiger partial charge in [0.1, 0.15) is 5.75 Å². The molecule has 0 radical (unpaired) electrons. The fourth-order valence-corrected chi connectivity index (χ4v) is 2.97. The number of benzene rings is 3. The van der Waals surface area contributed by atoms with Gasteiger partial charge in [0, 0.05) is 12.1 Å². The normalized spacial score (nSPS) is 10.8. The fraction of sp³-hybridized carbons (Fsp3) is 0.238. The van der Waals surface area contributed by atoms with E-state index in [0.29, 0.717) is 0 Å². The molecule has 0 aromatic heterocycles. The second-order valence-corrected chi connectivity index (χ2v) is 5.73. The summed E-state index contributed by atoms with van der Waals surface area (Å²) in [5.74, 6) is 0.958. The van der Waals surface area contributed by atoms with Gasteiger partial charge in [0.05, 0.1) is 7.11 Å². The van der Waals surface area contributed by atoms with Crippen molar-refractivity contribution in [3.05, 3.63) is 77.9 Å². The zero-order valence-electron chi connectivity index (χ0n) is 13.6. The van der Waals surface area contributed by atoms with Gasteiger partial charge in [-0.25, -0.2) is 0 Å². The number of aryl methyl sites for hydroxylation is 1. The quantitative estimate of drug-likeness (QED) is 0.646. The van der Waals surface area contributed by atoms with Gasteiger partial charge in [-0.15, -0.1) is 0 Å². The minimum atomic E-state index is 0.833. The number of hydrogen-bond donors (Lipinski definition) is 1. The third-order valence-electron chi connectivity index (χ3n) is 4.18. The maximum atomic E-state index is 5.54. The molecule has 0 fully saturated rings. The van der Waals surface area contributed by atoms with Crippen molar-refractivity contribution in [2.24, 2.45) is 0 Å². The summed E-state index contributed by atoms with van der Waals surface area (Å²) in [5, 5.41) is 6.08. The second-order valence-electron chi connectivity index (χ2n) is 5.73. The highest BCUT2D eigenvalue weighted by Crippen LogP contribution is 2.27. The summed E-state index contributed by atoms with van der Waals surface area (Å²) < 4.78 is 5.54. The molecule has 0 aliphatic heterocycles. The Balaban J connectivity index is 1.60. The maximum absolute atomic E-state index is 5.54. The molecule has 3 aromatic carbocycles. The van der Waals surface area contributed by atoms with Crippen LogP contribution < -0.4 is 10.1 Å². The first-order valence-corrected chi connectivity index (χ1v) is 8.18. The summed E-state index contributed by atoms with van der Waals surface area (Å²) in [6.07, 6.45) is 2.25. The summed E-state index contributed by atoms with van der Waals surface area (Å²) in [6, 6.07) is 23.3. The van der Waals surface area contributed by atoms with Crippen LogP contribution in [0, 0.1) is 0 Å². The average Bonchev–Trinajstić information content (AvgIpc) is 2.62. The van der Waals surface area contributed by atoms with Crippen LogP contribution in [0.5, 0.6) is 5.75 Å². The van der Waals surface area contributed by atoms with Crippen molar-refractivity contribution < 1.29 is 4.74 Å². The van der Waals surface area contributed by atoms with Crippen molar-refractivity contribution >= 4 is 10.8 Å². The van der Waals surface area contributed by atoms with E-state index in [1.54, 1.807) is 7.11 Å². The average molecular weight is 305 g/mol. The SMILES string of the molecule is COc1ccc2ccccc2c1CNCCCc1ccccc1. The largest absolute Gasteiger partial charge is 0.496 e. The molecule has 3 rings (SSSR count). The Labute approximate surface area is 138 Å². The Kier molecular flexibility index (Phi) is 5.28. The van der Waals surface area contributed by atoms with Gasteiger partial charge in [0.15, 0.2) is 0 Å². The van der Waals surface area contributed by atoms with E-state index in [9.17, 15) is 0 Å². The van der Waals surface area contributed by atoms with Crippen LogP contribution in [0.3, 0.4) is 0 Å². The number of hydrogen-bond acceptors (Lipinski definition) is 2. The lowest BCUT2D eigenvalue weighted by Crippen LogP contribution is -2.16. The molecule has 2 nitrogen and oxygen atoms in total. The lowest BCUT2D eigenvalue weighted by molar-refractivity contribution is 0.408.